The summed E-state index contributed by atoms with van der Waals surface area (Å²) in [6.07, 6.45) is 3.17. The maximum atomic E-state index is 12.2. The first-order valence-electron chi connectivity index (χ1n) is 6.59. The number of imidazole rings is 1. The zero-order valence-corrected chi connectivity index (χ0v) is 11.5. The molecule has 0 aliphatic carbocycles. The number of hydrogen-bond acceptors (Lipinski definition) is 4. The third-order valence-corrected chi connectivity index (χ3v) is 2.97. The van der Waals surface area contributed by atoms with Gasteiger partial charge in [0, 0.05) is 11.6 Å². The van der Waals surface area contributed by atoms with Crippen LogP contribution in [0.25, 0.3) is 11.0 Å². The summed E-state index contributed by atoms with van der Waals surface area (Å²) in [6, 6.07) is 8.78. The molecular weight excluding hydrogens is 268 g/mol. The third kappa shape index (κ3) is 2.84. The van der Waals surface area contributed by atoms with Gasteiger partial charge in [-0.3, -0.25) is 4.79 Å². The van der Waals surface area contributed by atoms with Crippen LogP contribution < -0.4 is 10.1 Å². The number of H-pyrrole nitrogens is 1. The lowest BCUT2D eigenvalue weighted by Crippen LogP contribution is -2.12. The van der Waals surface area contributed by atoms with E-state index in [2.05, 4.69) is 20.3 Å². The molecule has 106 valence electrons. The Labute approximate surface area is 121 Å². The minimum Gasteiger partial charge on any atom is -0.478 e. The highest BCUT2D eigenvalue weighted by Gasteiger charge is 2.08. The maximum Gasteiger partial charge on any atom is 0.255 e. The summed E-state index contributed by atoms with van der Waals surface area (Å²) in [5.74, 6) is 0.340. The van der Waals surface area contributed by atoms with Gasteiger partial charge in [-0.05, 0) is 31.2 Å². The number of pyridine rings is 1. The van der Waals surface area contributed by atoms with Gasteiger partial charge >= 0.3 is 0 Å². The minimum absolute atomic E-state index is 0.197. The predicted octanol–water partition coefficient (Wildman–Crippen LogP) is 2.61. The van der Waals surface area contributed by atoms with Crippen molar-refractivity contribution in [3.05, 3.63) is 48.4 Å². The van der Waals surface area contributed by atoms with E-state index in [4.69, 9.17) is 4.74 Å². The van der Waals surface area contributed by atoms with E-state index in [9.17, 15) is 4.79 Å². The molecule has 0 saturated heterocycles. The van der Waals surface area contributed by atoms with E-state index >= 15 is 0 Å². The molecule has 0 radical (unpaired) electrons. The summed E-state index contributed by atoms with van der Waals surface area (Å²) >= 11 is 0. The predicted molar refractivity (Wildman–Crippen MR) is 79.5 cm³/mol. The van der Waals surface area contributed by atoms with E-state index in [0.29, 0.717) is 23.7 Å². The SMILES string of the molecule is CCOc1ccc(NC(=O)c2ccc3nc[nH]c3c2)cn1. The third-order valence-electron chi connectivity index (χ3n) is 2.97. The molecule has 0 aliphatic heterocycles. The number of fused-ring (bicyclic) bond motifs is 1. The molecule has 6 nitrogen and oxygen atoms in total. The van der Waals surface area contributed by atoms with E-state index in [1.165, 1.54) is 0 Å². The standard InChI is InChI=1S/C15H14N4O2/c1-2-21-14-6-4-11(8-16-14)19-15(20)10-3-5-12-13(7-10)18-9-17-12/h3-9H,2H2,1H3,(H,17,18)(H,19,20). The van der Waals surface area contributed by atoms with Crippen molar-refractivity contribution < 1.29 is 9.53 Å². The second kappa shape index (κ2) is 5.62. The molecule has 2 aromatic heterocycles. The Kier molecular flexibility index (Phi) is 3.51. The fourth-order valence-corrected chi connectivity index (χ4v) is 1.97. The normalized spacial score (nSPS) is 10.5. The smallest absolute Gasteiger partial charge is 0.255 e. The lowest BCUT2D eigenvalue weighted by molar-refractivity contribution is 0.102. The highest BCUT2D eigenvalue weighted by Crippen LogP contribution is 2.15. The quantitative estimate of drug-likeness (QED) is 0.770. The summed E-state index contributed by atoms with van der Waals surface area (Å²) in [6.45, 7) is 2.45. The molecular formula is C15H14N4O2. The largest absolute Gasteiger partial charge is 0.478 e. The molecule has 0 aliphatic rings. The summed E-state index contributed by atoms with van der Waals surface area (Å²) in [7, 11) is 0. The minimum atomic E-state index is -0.197. The van der Waals surface area contributed by atoms with Crippen LogP contribution in [0.5, 0.6) is 5.88 Å². The van der Waals surface area contributed by atoms with E-state index in [-0.39, 0.29) is 5.91 Å². The monoisotopic (exact) mass is 282 g/mol. The average molecular weight is 282 g/mol. The Morgan fingerprint density at radius 2 is 2.19 bits per heavy atom. The highest BCUT2D eigenvalue weighted by molar-refractivity contribution is 6.05. The van der Waals surface area contributed by atoms with E-state index in [1.54, 1.807) is 42.9 Å². The summed E-state index contributed by atoms with van der Waals surface area (Å²) in [5, 5.41) is 2.79. The fourth-order valence-electron chi connectivity index (χ4n) is 1.97. The van der Waals surface area contributed by atoms with Gasteiger partial charge in [0.05, 0.1) is 35.9 Å². The van der Waals surface area contributed by atoms with Gasteiger partial charge in [-0.25, -0.2) is 9.97 Å². The number of aromatic amines is 1. The molecule has 0 spiro atoms. The van der Waals surface area contributed by atoms with Crippen LogP contribution in [0.2, 0.25) is 0 Å². The Bertz CT molecular complexity index is 765. The molecule has 3 aromatic rings. The molecule has 2 heterocycles. The first-order valence-corrected chi connectivity index (χ1v) is 6.59. The molecule has 3 rings (SSSR count). The van der Waals surface area contributed by atoms with Crippen molar-refractivity contribution in [1.29, 1.82) is 0 Å². The summed E-state index contributed by atoms with van der Waals surface area (Å²) < 4.78 is 5.25. The van der Waals surface area contributed by atoms with E-state index in [0.717, 1.165) is 11.0 Å². The molecule has 21 heavy (non-hydrogen) atoms. The van der Waals surface area contributed by atoms with Gasteiger partial charge in [0.15, 0.2) is 0 Å². The van der Waals surface area contributed by atoms with Gasteiger partial charge in [-0.15, -0.1) is 0 Å². The second-order valence-electron chi connectivity index (χ2n) is 4.41. The van der Waals surface area contributed by atoms with Gasteiger partial charge in [0.1, 0.15) is 0 Å². The topological polar surface area (TPSA) is 79.9 Å². The van der Waals surface area contributed by atoms with Crippen LogP contribution in [-0.2, 0) is 0 Å². The zero-order chi connectivity index (χ0) is 14.7. The number of rotatable bonds is 4. The van der Waals surface area contributed by atoms with Gasteiger partial charge in [-0.2, -0.15) is 0 Å². The van der Waals surface area contributed by atoms with Gasteiger partial charge in [-0.1, -0.05) is 0 Å². The van der Waals surface area contributed by atoms with Crippen LogP contribution in [-0.4, -0.2) is 27.5 Å². The van der Waals surface area contributed by atoms with Crippen molar-refractivity contribution in [2.75, 3.05) is 11.9 Å². The lowest BCUT2D eigenvalue weighted by Gasteiger charge is -2.06. The van der Waals surface area contributed by atoms with Crippen LogP contribution in [0.15, 0.2) is 42.9 Å². The highest BCUT2D eigenvalue weighted by atomic mass is 16.5. The zero-order valence-electron chi connectivity index (χ0n) is 11.5. The Hall–Kier alpha value is -2.89. The van der Waals surface area contributed by atoms with Crippen LogP contribution in [0.3, 0.4) is 0 Å². The van der Waals surface area contributed by atoms with E-state index < -0.39 is 0 Å². The number of hydrogen-bond donors (Lipinski definition) is 2. The number of carbonyl (C=O) groups excluding carboxylic acids is 1. The average Bonchev–Trinajstić information content (AvgIpc) is 2.97. The molecule has 0 fully saturated rings. The van der Waals surface area contributed by atoms with Gasteiger partial charge in [0.25, 0.3) is 5.91 Å². The molecule has 0 atom stereocenters. The Morgan fingerprint density at radius 1 is 1.29 bits per heavy atom. The van der Waals surface area contributed by atoms with Crippen molar-refractivity contribution in [3.8, 4) is 5.88 Å². The maximum absolute atomic E-state index is 12.2. The second-order valence-corrected chi connectivity index (χ2v) is 4.41. The van der Waals surface area contributed by atoms with Crippen molar-refractivity contribution in [2.24, 2.45) is 0 Å². The fraction of sp³-hybridized carbons (Fsp3) is 0.133. The number of carbonyl (C=O) groups is 1. The molecule has 1 amide bonds. The lowest BCUT2D eigenvalue weighted by atomic mass is 10.2. The van der Waals surface area contributed by atoms with Crippen LogP contribution in [0.1, 0.15) is 17.3 Å². The summed E-state index contributed by atoms with van der Waals surface area (Å²) in [4.78, 5) is 23.4. The number of ether oxygens (including phenoxy) is 1. The van der Waals surface area contributed by atoms with Crippen molar-refractivity contribution in [2.45, 2.75) is 6.92 Å². The molecule has 1 aromatic carbocycles. The molecule has 6 heteroatoms. The first kappa shape index (κ1) is 13.1. The molecule has 2 N–H and O–H groups in total. The number of amides is 1. The van der Waals surface area contributed by atoms with Crippen molar-refractivity contribution >= 4 is 22.6 Å². The van der Waals surface area contributed by atoms with Gasteiger partial charge < -0.3 is 15.0 Å². The Balaban J connectivity index is 1.75. The van der Waals surface area contributed by atoms with Crippen molar-refractivity contribution in [1.82, 2.24) is 15.0 Å². The van der Waals surface area contributed by atoms with Crippen LogP contribution >= 0.6 is 0 Å². The van der Waals surface area contributed by atoms with Gasteiger partial charge in [0.2, 0.25) is 5.88 Å². The Morgan fingerprint density at radius 3 is 2.95 bits per heavy atom. The summed E-state index contributed by atoms with van der Waals surface area (Å²) in [5.41, 5.74) is 2.83. The van der Waals surface area contributed by atoms with Crippen molar-refractivity contribution in [3.63, 3.8) is 0 Å². The molecule has 0 unspecified atom stereocenters. The number of anilines is 1. The van der Waals surface area contributed by atoms with Crippen LogP contribution in [0.4, 0.5) is 5.69 Å². The number of nitrogens with zero attached hydrogens (tertiary/aromatic N) is 2. The molecule has 0 saturated carbocycles. The van der Waals surface area contributed by atoms with Crippen LogP contribution in [0, 0.1) is 0 Å². The molecule has 0 bridgehead atoms. The number of aromatic nitrogens is 3. The number of nitrogens with one attached hydrogen (secondary N) is 2. The van der Waals surface area contributed by atoms with E-state index in [1.807, 2.05) is 6.92 Å². The first-order chi connectivity index (χ1) is 10.3. The number of benzene rings is 1.